The first-order chi connectivity index (χ1) is 11.7. The molecule has 24 heavy (non-hydrogen) atoms. The second-order valence-corrected chi connectivity index (χ2v) is 6.50. The van der Waals surface area contributed by atoms with E-state index < -0.39 is 0 Å². The van der Waals surface area contributed by atoms with Gasteiger partial charge in [-0.15, -0.1) is 0 Å². The summed E-state index contributed by atoms with van der Waals surface area (Å²) in [6.45, 7) is 3.47. The first-order valence-electron chi connectivity index (χ1n) is 8.82. The maximum atomic E-state index is 12.5. The first-order valence-corrected chi connectivity index (χ1v) is 8.82. The molecule has 2 aliphatic rings. The summed E-state index contributed by atoms with van der Waals surface area (Å²) < 4.78 is 13.3. The second kappa shape index (κ2) is 6.34. The Kier molecular flexibility index (Phi) is 4.04. The monoisotopic (exact) mass is 329 g/mol. The number of fused-ring (bicyclic) bond motifs is 2. The van der Waals surface area contributed by atoms with E-state index in [2.05, 4.69) is 17.2 Å². The van der Waals surface area contributed by atoms with Crippen molar-refractivity contribution in [1.29, 1.82) is 0 Å². The molecule has 0 unspecified atom stereocenters. The minimum absolute atomic E-state index is 0.0609. The van der Waals surface area contributed by atoms with Crippen molar-refractivity contribution in [2.24, 2.45) is 0 Å². The highest BCUT2D eigenvalue weighted by atomic mass is 16.6. The van der Waals surface area contributed by atoms with Gasteiger partial charge < -0.3 is 19.4 Å². The minimum atomic E-state index is 0.0609. The van der Waals surface area contributed by atoms with E-state index in [9.17, 15) is 4.79 Å². The van der Waals surface area contributed by atoms with Crippen molar-refractivity contribution in [1.82, 2.24) is 14.9 Å². The van der Waals surface area contributed by atoms with Gasteiger partial charge in [-0.05, 0) is 12.8 Å². The van der Waals surface area contributed by atoms with Crippen LogP contribution in [0, 0.1) is 0 Å². The van der Waals surface area contributed by atoms with Gasteiger partial charge in [0.2, 0.25) is 5.91 Å². The molecule has 2 aromatic rings. The summed E-state index contributed by atoms with van der Waals surface area (Å²) in [6, 6.07) is 4.19. The molecule has 0 saturated heterocycles. The number of nitrogens with zero attached hydrogens (tertiary/aromatic N) is 2. The summed E-state index contributed by atoms with van der Waals surface area (Å²) in [7, 11) is 0. The Bertz CT molecular complexity index is 762. The van der Waals surface area contributed by atoms with Gasteiger partial charge in [0, 0.05) is 24.6 Å². The number of amides is 1. The Morgan fingerprint density at radius 2 is 1.96 bits per heavy atom. The van der Waals surface area contributed by atoms with Gasteiger partial charge in [0.25, 0.3) is 0 Å². The molecule has 1 amide bonds. The third kappa shape index (κ3) is 2.81. The molecular weight excluding hydrogens is 306 g/mol. The number of hydrogen-bond donors (Lipinski definition) is 1. The van der Waals surface area contributed by atoms with E-state index in [4.69, 9.17) is 9.47 Å². The molecule has 128 valence electrons. The molecule has 0 radical (unpaired) electrons. The van der Waals surface area contributed by atoms with E-state index in [1.807, 2.05) is 16.7 Å². The topological polar surface area (TPSA) is 65.4 Å². The Labute approximate surface area is 141 Å². The number of hydrogen-bond acceptors (Lipinski definition) is 4. The number of carbonyl (C=O) groups is 1. The quantitative estimate of drug-likeness (QED) is 0.935. The van der Waals surface area contributed by atoms with Gasteiger partial charge in [0.15, 0.2) is 11.5 Å². The third-order valence-electron chi connectivity index (χ3n) is 4.83. The largest absolute Gasteiger partial charge is 0.486 e. The number of aryl methyl sites for hydroxylation is 1. The van der Waals surface area contributed by atoms with Crippen LogP contribution in [-0.4, -0.2) is 34.7 Å². The maximum absolute atomic E-state index is 12.5. The molecule has 6 nitrogen and oxygen atoms in total. The molecule has 1 saturated carbocycles. The molecule has 1 aliphatic carbocycles. The van der Waals surface area contributed by atoms with Crippen LogP contribution in [0.3, 0.4) is 0 Å². The number of carbonyl (C=O) groups excluding carboxylic acids is 1. The Morgan fingerprint density at radius 3 is 2.67 bits per heavy atom. The van der Waals surface area contributed by atoms with Crippen molar-refractivity contribution in [3.63, 3.8) is 0 Å². The molecule has 1 aliphatic heterocycles. The zero-order valence-electron chi connectivity index (χ0n) is 14.0. The number of aromatic nitrogens is 2. The van der Waals surface area contributed by atoms with Crippen molar-refractivity contribution in [2.45, 2.75) is 51.6 Å². The highest BCUT2D eigenvalue weighted by molar-refractivity contribution is 5.84. The van der Waals surface area contributed by atoms with Crippen molar-refractivity contribution >= 4 is 16.9 Å². The normalized spacial score (nSPS) is 17.4. The maximum Gasteiger partial charge on any atom is 0.240 e. The van der Waals surface area contributed by atoms with Crippen LogP contribution in [0.15, 0.2) is 12.1 Å². The van der Waals surface area contributed by atoms with Crippen LogP contribution in [0.4, 0.5) is 0 Å². The van der Waals surface area contributed by atoms with Crippen LogP contribution in [0.25, 0.3) is 11.0 Å². The lowest BCUT2D eigenvalue weighted by molar-refractivity contribution is -0.122. The summed E-state index contributed by atoms with van der Waals surface area (Å²) in [5.74, 6) is 2.44. The standard InChI is InChI=1S/C18H23N3O3/c1-2-17-20-13-9-15-16(24-8-7-23-15)10-14(13)21(17)11-18(22)19-12-5-3-4-6-12/h9-10,12H,2-8,11H2,1H3,(H,19,22). The van der Waals surface area contributed by atoms with Crippen LogP contribution in [-0.2, 0) is 17.8 Å². The predicted octanol–water partition coefficient (Wildman–Crippen LogP) is 2.43. The van der Waals surface area contributed by atoms with Crippen LogP contribution in [0.1, 0.15) is 38.4 Å². The van der Waals surface area contributed by atoms with Gasteiger partial charge in [-0.2, -0.15) is 0 Å². The number of benzene rings is 1. The lowest BCUT2D eigenvalue weighted by Crippen LogP contribution is -2.35. The van der Waals surface area contributed by atoms with Gasteiger partial charge >= 0.3 is 0 Å². The fourth-order valence-electron chi connectivity index (χ4n) is 3.64. The molecule has 0 atom stereocenters. The van der Waals surface area contributed by atoms with E-state index in [1.54, 1.807) is 0 Å². The fourth-order valence-corrected chi connectivity index (χ4v) is 3.64. The molecule has 4 rings (SSSR count). The molecule has 2 heterocycles. The second-order valence-electron chi connectivity index (χ2n) is 6.50. The highest BCUT2D eigenvalue weighted by Crippen LogP contribution is 2.34. The zero-order chi connectivity index (χ0) is 16.5. The highest BCUT2D eigenvalue weighted by Gasteiger charge is 2.21. The molecule has 0 bridgehead atoms. The Hall–Kier alpha value is -2.24. The van der Waals surface area contributed by atoms with Crippen molar-refractivity contribution in [2.75, 3.05) is 13.2 Å². The van der Waals surface area contributed by atoms with Gasteiger partial charge in [-0.25, -0.2) is 4.98 Å². The number of ether oxygens (including phenoxy) is 2. The molecule has 1 N–H and O–H groups in total. The molecule has 0 spiro atoms. The smallest absolute Gasteiger partial charge is 0.240 e. The van der Waals surface area contributed by atoms with Gasteiger partial charge in [-0.3, -0.25) is 4.79 Å². The molecule has 6 heteroatoms. The Morgan fingerprint density at radius 1 is 1.25 bits per heavy atom. The van der Waals surface area contributed by atoms with Crippen molar-refractivity contribution in [3.8, 4) is 11.5 Å². The first kappa shape index (κ1) is 15.3. The number of imidazole rings is 1. The van der Waals surface area contributed by atoms with E-state index in [-0.39, 0.29) is 5.91 Å². The van der Waals surface area contributed by atoms with Crippen molar-refractivity contribution in [3.05, 3.63) is 18.0 Å². The summed E-state index contributed by atoms with van der Waals surface area (Å²) >= 11 is 0. The summed E-state index contributed by atoms with van der Waals surface area (Å²) in [5, 5.41) is 3.15. The fraction of sp³-hybridized carbons (Fsp3) is 0.556. The van der Waals surface area contributed by atoms with Crippen LogP contribution >= 0.6 is 0 Å². The molecular formula is C18H23N3O3. The van der Waals surface area contributed by atoms with E-state index in [0.717, 1.165) is 47.6 Å². The lowest BCUT2D eigenvalue weighted by Gasteiger charge is -2.18. The summed E-state index contributed by atoms with van der Waals surface area (Å²) in [4.78, 5) is 17.1. The average Bonchev–Trinajstić information content (AvgIpc) is 3.21. The summed E-state index contributed by atoms with van der Waals surface area (Å²) in [6.07, 6.45) is 5.38. The SMILES string of the molecule is CCc1nc2cc3c(cc2n1CC(=O)NC1CCCC1)OCCO3. The number of nitrogens with one attached hydrogen (secondary N) is 1. The predicted molar refractivity (Wildman–Crippen MR) is 90.5 cm³/mol. The average molecular weight is 329 g/mol. The van der Waals surface area contributed by atoms with E-state index in [0.29, 0.717) is 25.8 Å². The minimum Gasteiger partial charge on any atom is -0.486 e. The van der Waals surface area contributed by atoms with Gasteiger partial charge in [-0.1, -0.05) is 19.8 Å². The van der Waals surface area contributed by atoms with Crippen molar-refractivity contribution < 1.29 is 14.3 Å². The van der Waals surface area contributed by atoms with E-state index in [1.165, 1.54) is 12.8 Å². The van der Waals surface area contributed by atoms with Crippen LogP contribution < -0.4 is 14.8 Å². The molecule has 1 aromatic heterocycles. The van der Waals surface area contributed by atoms with Gasteiger partial charge in [0.05, 0.1) is 11.0 Å². The lowest BCUT2D eigenvalue weighted by atomic mass is 10.2. The molecule has 1 fully saturated rings. The van der Waals surface area contributed by atoms with Crippen LogP contribution in [0.5, 0.6) is 11.5 Å². The Balaban J connectivity index is 1.63. The third-order valence-corrected chi connectivity index (χ3v) is 4.83. The number of rotatable bonds is 4. The van der Waals surface area contributed by atoms with Crippen LogP contribution in [0.2, 0.25) is 0 Å². The summed E-state index contributed by atoms with van der Waals surface area (Å²) in [5.41, 5.74) is 1.78. The van der Waals surface area contributed by atoms with E-state index >= 15 is 0 Å². The molecule has 1 aromatic carbocycles. The zero-order valence-corrected chi connectivity index (χ0v) is 14.0. The van der Waals surface area contributed by atoms with Gasteiger partial charge in [0.1, 0.15) is 25.6 Å².